The number of carbonyl (C=O) groups excluding carboxylic acids is 1. The first-order valence-electron chi connectivity index (χ1n) is 9.95. The van der Waals surface area contributed by atoms with Gasteiger partial charge in [-0.15, -0.1) is 0 Å². The van der Waals surface area contributed by atoms with Crippen molar-refractivity contribution in [3.05, 3.63) is 95.1 Å². The van der Waals surface area contributed by atoms with Gasteiger partial charge in [0.05, 0.1) is 4.90 Å². The fraction of sp³-hybridized carbons (Fsp3) is 0.208. The molecule has 0 aliphatic carbocycles. The van der Waals surface area contributed by atoms with E-state index >= 15 is 0 Å². The Morgan fingerprint density at radius 2 is 1.65 bits per heavy atom. The van der Waals surface area contributed by atoms with Crippen molar-refractivity contribution in [2.45, 2.75) is 24.5 Å². The monoisotopic (exact) mass is 454 g/mol. The molecule has 3 aromatic carbocycles. The topological polar surface area (TPSA) is 75.3 Å². The lowest BCUT2D eigenvalue weighted by Gasteiger charge is -2.12. The van der Waals surface area contributed by atoms with Crippen molar-refractivity contribution < 1.29 is 13.2 Å². The normalized spacial score (nSPS) is 11.2. The molecule has 0 atom stereocenters. The van der Waals surface area contributed by atoms with Gasteiger partial charge in [-0.05, 0) is 49.2 Å². The highest BCUT2D eigenvalue weighted by Gasteiger charge is 2.19. The van der Waals surface area contributed by atoms with Gasteiger partial charge >= 0.3 is 0 Å². The van der Waals surface area contributed by atoms with E-state index in [9.17, 15) is 13.2 Å². The van der Waals surface area contributed by atoms with E-state index in [0.29, 0.717) is 23.4 Å². The lowest BCUT2D eigenvalue weighted by Crippen LogP contribution is -2.26. The minimum absolute atomic E-state index is 0.0951. The summed E-state index contributed by atoms with van der Waals surface area (Å²) in [5.74, 6) is 1.37. The minimum atomic E-state index is -3.80. The van der Waals surface area contributed by atoms with Crippen molar-refractivity contribution in [1.29, 1.82) is 0 Å². The van der Waals surface area contributed by atoms with E-state index in [1.54, 1.807) is 55.1 Å². The zero-order chi connectivity index (χ0) is 22.3. The largest absolute Gasteiger partial charge is 0.351 e. The summed E-state index contributed by atoms with van der Waals surface area (Å²) in [7, 11) is -3.80. The predicted molar refractivity (Wildman–Crippen MR) is 128 cm³/mol. The molecule has 0 aromatic heterocycles. The zero-order valence-corrected chi connectivity index (χ0v) is 19.2. The number of sulfonamides is 1. The fourth-order valence-corrected chi connectivity index (χ4v) is 5.11. The molecule has 0 fully saturated rings. The molecule has 3 aromatic rings. The molecule has 0 heterocycles. The molecule has 0 radical (unpaired) electrons. The number of para-hydroxylation sites is 1. The lowest BCUT2D eigenvalue weighted by molar-refractivity contribution is 0.0956. The maximum absolute atomic E-state index is 12.8. The highest BCUT2D eigenvalue weighted by atomic mass is 32.2. The van der Waals surface area contributed by atoms with Crippen molar-refractivity contribution >= 4 is 33.4 Å². The average molecular weight is 455 g/mol. The van der Waals surface area contributed by atoms with Crippen LogP contribution in [0, 0.1) is 13.8 Å². The van der Waals surface area contributed by atoms with E-state index in [1.807, 2.05) is 6.07 Å². The second-order valence-corrected chi connectivity index (χ2v) is 10.0. The molecule has 31 heavy (non-hydrogen) atoms. The van der Waals surface area contributed by atoms with Crippen LogP contribution in [0.3, 0.4) is 0 Å². The smallest absolute Gasteiger partial charge is 0.262 e. The molecule has 3 rings (SSSR count). The summed E-state index contributed by atoms with van der Waals surface area (Å²) < 4.78 is 28.2. The van der Waals surface area contributed by atoms with Gasteiger partial charge in [-0.1, -0.05) is 54.1 Å². The molecule has 162 valence electrons. The van der Waals surface area contributed by atoms with Gasteiger partial charge in [0.25, 0.3) is 15.9 Å². The van der Waals surface area contributed by atoms with Crippen LogP contribution in [0.1, 0.15) is 27.0 Å². The fourth-order valence-electron chi connectivity index (χ4n) is 2.96. The third kappa shape index (κ3) is 6.60. The minimum Gasteiger partial charge on any atom is -0.351 e. The molecular formula is C24H26N2O3S2. The quantitative estimate of drug-likeness (QED) is 0.457. The molecule has 0 unspecified atom stereocenters. The van der Waals surface area contributed by atoms with Crippen LogP contribution in [0.15, 0.2) is 77.7 Å². The summed E-state index contributed by atoms with van der Waals surface area (Å²) in [6.07, 6.45) is 0. The number of carbonyl (C=O) groups is 1. The number of thioether (sulfide) groups is 1. The Hall–Kier alpha value is -2.77. The van der Waals surface area contributed by atoms with E-state index in [1.165, 1.54) is 17.2 Å². The van der Waals surface area contributed by atoms with E-state index in [-0.39, 0.29) is 10.8 Å². The van der Waals surface area contributed by atoms with Crippen molar-refractivity contribution in [2.24, 2.45) is 0 Å². The third-order valence-electron chi connectivity index (χ3n) is 4.69. The highest BCUT2D eigenvalue weighted by Crippen LogP contribution is 2.21. The second-order valence-electron chi connectivity index (χ2n) is 7.25. The van der Waals surface area contributed by atoms with E-state index in [0.717, 1.165) is 11.5 Å². The molecule has 0 aliphatic heterocycles. The van der Waals surface area contributed by atoms with Crippen LogP contribution in [0.5, 0.6) is 0 Å². The van der Waals surface area contributed by atoms with E-state index in [4.69, 9.17) is 0 Å². The second kappa shape index (κ2) is 10.5. The van der Waals surface area contributed by atoms with Gasteiger partial charge in [-0.3, -0.25) is 9.52 Å². The summed E-state index contributed by atoms with van der Waals surface area (Å²) in [6.45, 7) is 4.28. The highest BCUT2D eigenvalue weighted by molar-refractivity contribution is 7.98. The van der Waals surface area contributed by atoms with Crippen LogP contribution in [-0.2, 0) is 15.8 Å². The Bertz CT molecular complexity index is 1130. The average Bonchev–Trinajstić information content (AvgIpc) is 2.75. The van der Waals surface area contributed by atoms with Crippen molar-refractivity contribution in [2.75, 3.05) is 17.0 Å². The Labute approximate surface area is 188 Å². The molecular weight excluding hydrogens is 428 g/mol. The first-order valence-corrected chi connectivity index (χ1v) is 12.6. The van der Waals surface area contributed by atoms with Gasteiger partial charge in [0.1, 0.15) is 0 Å². The van der Waals surface area contributed by atoms with Gasteiger partial charge in [0.15, 0.2) is 0 Å². The number of hydrogen-bond donors (Lipinski definition) is 2. The van der Waals surface area contributed by atoms with Gasteiger partial charge in [0.2, 0.25) is 0 Å². The number of nitrogens with one attached hydrogen (secondary N) is 2. The van der Waals surface area contributed by atoms with Crippen LogP contribution in [0.25, 0.3) is 0 Å². The molecule has 0 saturated carbocycles. The van der Waals surface area contributed by atoms with Crippen molar-refractivity contribution in [3.8, 4) is 0 Å². The van der Waals surface area contributed by atoms with Crippen LogP contribution < -0.4 is 10.0 Å². The SMILES string of the molecule is Cc1ccc(CSCCNC(=O)c2ccc(C)c(S(=O)(=O)Nc3ccccc3)c2)cc1. The Morgan fingerprint density at radius 1 is 0.935 bits per heavy atom. The van der Waals surface area contributed by atoms with Crippen LogP contribution in [0.4, 0.5) is 5.69 Å². The maximum atomic E-state index is 12.8. The Balaban J connectivity index is 1.57. The predicted octanol–water partition coefficient (Wildman–Crippen LogP) is 4.77. The Kier molecular flexibility index (Phi) is 7.76. The van der Waals surface area contributed by atoms with E-state index < -0.39 is 10.0 Å². The number of benzene rings is 3. The van der Waals surface area contributed by atoms with Crippen molar-refractivity contribution in [3.63, 3.8) is 0 Å². The molecule has 0 saturated heterocycles. The van der Waals surface area contributed by atoms with Gasteiger partial charge in [-0.2, -0.15) is 11.8 Å². The first kappa shape index (κ1) is 22.9. The number of aryl methyl sites for hydroxylation is 2. The Morgan fingerprint density at radius 3 is 2.35 bits per heavy atom. The van der Waals surface area contributed by atoms with Crippen LogP contribution in [-0.4, -0.2) is 26.6 Å². The summed E-state index contributed by atoms with van der Waals surface area (Å²) in [6, 6.07) is 21.8. The first-order chi connectivity index (χ1) is 14.8. The summed E-state index contributed by atoms with van der Waals surface area (Å²) >= 11 is 1.74. The molecule has 0 aliphatic rings. The van der Waals surface area contributed by atoms with Crippen LogP contribution in [0.2, 0.25) is 0 Å². The van der Waals surface area contributed by atoms with Gasteiger partial charge in [0, 0.05) is 29.3 Å². The van der Waals surface area contributed by atoms with Gasteiger partial charge in [-0.25, -0.2) is 8.42 Å². The van der Waals surface area contributed by atoms with Crippen molar-refractivity contribution in [1.82, 2.24) is 5.32 Å². The zero-order valence-electron chi connectivity index (χ0n) is 17.6. The van der Waals surface area contributed by atoms with E-state index in [2.05, 4.69) is 41.2 Å². The molecule has 0 spiro atoms. The molecule has 7 heteroatoms. The summed E-state index contributed by atoms with van der Waals surface area (Å²) in [5.41, 5.74) is 3.86. The van der Waals surface area contributed by atoms with Gasteiger partial charge < -0.3 is 5.32 Å². The number of rotatable bonds is 9. The summed E-state index contributed by atoms with van der Waals surface area (Å²) in [4.78, 5) is 12.6. The van der Waals surface area contributed by atoms with Crippen LogP contribution >= 0.6 is 11.8 Å². The third-order valence-corrected chi connectivity index (χ3v) is 7.24. The maximum Gasteiger partial charge on any atom is 0.262 e. The summed E-state index contributed by atoms with van der Waals surface area (Å²) in [5, 5.41) is 2.87. The number of amides is 1. The molecule has 0 bridgehead atoms. The molecule has 5 nitrogen and oxygen atoms in total. The standard InChI is InChI=1S/C24H26N2O3S2/c1-18-8-11-20(12-9-18)17-30-15-14-25-24(27)21-13-10-19(2)23(16-21)31(28,29)26-22-6-4-3-5-7-22/h3-13,16,26H,14-15,17H2,1-2H3,(H,25,27). The number of hydrogen-bond acceptors (Lipinski definition) is 4. The number of anilines is 1. The molecule has 2 N–H and O–H groups in total. The molecule has 1 amide bonds. The lowest BCUT2D eigenvalue weighted by atomic mass is 10.1.